The average Bonchev–Trinajstić information content (AvgIpc) is 3.19. The van der Waals surface area contributed by atoms with E-state index in [1.54, 1.807) is 0 Å². The number of carbonyl (C=O) groups excluding carboxylic acids is 1. The zero-order valence-electron chi connectivity index (χ0n) is 20.8. The van der Waals surface area contributed by atoms with Crippen LogP contribution in [0.1, 0.15) is 69.2 Å². The monoisotopic (exact) mass is 489 g/mol. The number of carbonyl (C=O) groups is 1. The minimum absolute atomic E-state index is 0.218. The van der Waals surface area contributed by atoms with E-state index in [0.717, 1.165) is 59.4 Å². The van der Waals surface area contributed by atoms with Crippen molar-refractivity contribution in [1.82, 2.24) is 14.7 Å². The number of amides is 1. The van der Waals surface area contributed by atoms with Crippen molar-refractivity contribution in [1.29, 1.82) is 0 Å². The summed E-state index contributed by atoms with van der Waals surface area (Å²) in [7, 11) is 0. The minimum atomic E-state index is -0.527. The van der Waals surface area contributed by atoms with Crippen molar-refractivity contribution in [2.24, 2.45) is 0 Å². The van der Waals surface area contributed by atoms with Gasteiger partial charge in [0.15, 0.2) is 5.65 Å². The summed E-state index contributed by atoms with van der Waals surface area (Å²) in [6.45, 7) is 7.65. The molecule has 1 amide bonds. The number of hydrogen-bond donors (Lipinski definition) is 1. The van der Waals surface area contributed by atoms with E-state index in [2.05, 4.69) is 64.5 Å². The molecule has 2 heterocycles. The number of imidazole rings is 1. The van der Waals surface area contributed by atoms with Gasteiger partial charge in [0.05, 0.1) is 21.9 Å². The molecule has 6 heteroatoms. The molecular formula is C29H32ClN3O2. The number of alkyl carbamates (subject to hydrolysis) is 1. The van der Waals surface area contributed by atoms with Crippen molar-refractivity contribution in [2.75, 3.05) is 0 Å². The van der Waals surface area contributed by atoms with Gasteiger partial charge in [0, 0.05) is 17.7 Å². The Balaban J connectivity index is 1.51. The van der Waals surface area contributed by atoms with Crippen molar-refractivity contribution >= 4 is 23.3 Å². The number of aromatic nitrogens is 2. The minimum Gasteiger partial charge on any atom is -0.444 e. The summed E-state index contributed by atoms with van der Waals surface area (Å²) in [5.41, 5.74) is 5.11. The molecule has 5 nitrogen and oxygen atoms in total. The van der Waals surface area contributed by atoms with E-state index in [4.69, 9.17) is 21.3 Å². The fraction of sp³-hybridized carbons (Fsp3) is 0.379. The molecule has 5 rings (SSSR count). The zero-order valence-corrected chi connectivity index (χ0v) is 21.5. The number of rotatable bonds is 4. The lowest BCUT2D eigenvalue weighted by molar-refractivity contribution is 0.0377. The molecule has 0 radical (unpaired) electrons. The van der Waals surface area contributed by atoms with E-state index in [1.807, 2.05) is 33.8 Å². The van der Waals surface area contributed by atoms with Gasteiger partial charge in [-0.1, -0.05) is 60.2 Å². The summed E-state index contributed by atoms with van der Waals surface area (Å²) in [6.07, 6.45) is 14.1. The Labute approximate surface area is 211 Å². The largest absolute Gasteiger partial charge is 0.444 e. The maximum atomic E-state index is 12.5. The quantitative estimate of drug-likeness (QED) is 0.413. The van der Waals surface area contributed by atoms with Crippen LogP contribution in [0.2, 0.25) is 5.02 Å². The SMILES string of the molecule is Cc1ccn2c(C3C=CC=CC3)c(-c3ccc(C4(NC(=O)OC(C)(C)C)CCC4)cc3)nc2c1Cl. The van der Waals surface area contributed by atoms with E-state index in [0.29, 0.717) is 5.02 Å². The number of benzene rings is 1. The molecule has 1 unspecified atom stereocenters. The number of ether oxygens (including phenoxy) is 1. The van der Waals surface area contributed by atoms with Crippen molar-refractivity contribution in [3.8, 4) is 11.3 Å². The maximum absolute atomic E-state index is 12.5. The van der Waals surface area contributed by atoms with Gasteiger partial charge in [0.25, 0.3) is 0 Å². The molecule has 1 N–H and O–H groups in total. The van der Waals surface area contributed by atoms with Gasteiger partial charge >= 0.3 is 6.09 Å². The molecule has 2 aromatic heterocycles. The number of fused-ring (bicyclic) bond motifs is 1. The van der Waals surface area contributed by atoms with Gasteiger partial charge in [-0.05, 0) is 70.6 Å². The number of hydrogen-bond acceptors (Lipinski definition) is 3. The Morgan fingerprint density at radius 2 is 1.91 bits per heavy atom. The normalized spacial score (nSPS) is 18.9. The first kappa shape index (κ1) is 23.7. The molecular weight excluding hydrogens is 458 g/mol. The molecule has 0 aliphatic heterocycles. The lowest BCUT2D eigenvalue weighted by Crippen LogP contribution is -2.52. The van der Waals surface area contributed by atoms with Gasteiger partial charge in [0.2, 0.25) is 0 Å². The highest BCUT2D eigenvalue weighted by Crippen LogP contribution is 2.43. The Morgan fingerprint density at radius 1 is 1.17 bits per heavy atom. The second-order valence-corrected chi connectivity index (χ2v) is 11.0. The van der Waals surface area contributed by atoms with Crippen molar-refractivity contribution in [3.63, 3.8) is 0 Å². The smallest absolute Gasteiger partial charge is 0.408 e. The topological polar surface area (TPSA) is 55.6 Å². The molecule has 1 aromatic carbocycles. The van der Waals surface area contributed by atoms with Crippen LogP contribution in [0.25, 0.3) is 16.9 Å². The molecule has 2 aliphatic carbocycles. The average molecular weight is 490 g/mol. The summed E-state index contributed by atoms with van der Waals surface area (Å²) >= 11 is 6.68. The predicted molar refractivity (Wildman–Crippen MR) is 141 cm³/mol. The van der Waals surface area contributed by atoms with Crippen molar-refractivity contribution in [3.05, 3.63) is 82.7 Å². The van der Waals surface area contributed by atoms with E-state index in [1.165, 1.54) is 0 Å². The van der Waals surface area contributed by atoms with Gasteiger partial charge in [0.1, 0.15) is 5.60 Å². The summed E-state index contributed by atoms with van der Waals surface area (Å²) in [6, 6.07) is 10.5. The van der Waals surface area contributed by atoms with Crippen LogP contribution < -0.4 is 5.32 Å². The zero-order chi connectivity index (χ0) is 24.8. The Hall–Kier alpha value is -3.05. The van der Waals surface area contributed by atoms with Gasteiger partial charge < -0.3 is 14.5 Å². The van der Waals surface area contributed by atoms with Crippen LogP contribution in [-0.4, -0.2) is 21.1 Å². The van der Waals surface area contributed by atoms with Crippen LogP contribution in [0.5, 0.6) is 0 Å². The molecule has 3 aromatic rings. The second kappa shape index (κ2) is 8.87. The highest BCUT2D eigenvalue weighted by atomic mass is 35.5. The van der Waals surface area contributed by atoms with E-state index >= 15 is 0 Å². The first-order valence-electron chi connectivity index (χ1n) is 12.3. The predicted octanol–water partition coefficient (Wildman–Crippen LogP) is 7.47. The third-order valence-electron chi connectivity index (χ3n) is 6.95. The first-order valence-corrected chi connectivity index (χ1v) is 12.7. The standard InChI is InChI=1S/C29H32ClN3O2/c1-19-15-18-33-25(21-9-6-5-7-10-21)24(31-26(33)23(19)30)20-11-13-22(14-12-20)29(16-8-17-29)32-27(34)35-28(2,3)4/h5-7,9,11-15,18,21H,8,10,16-17H2,1-4H3,(H,32,34). The molecule has 182 valence electrons. The van der Waals surface area contributed by atoms with Crippen molar-refractivity contribution < 1.29 is 9.53 Å². The molecule has 2 aliphatic rings. The van der Waals surface area contributed by atoms with Crippen LogP contribution in [0, 0.1) is 6.92 Å². The Bertz CT molecular complexity index is 1320. The Kier molecular flexibility index (Phi) is 6.00. The number of halogens is 1. The third-order valence-corrected chi connectivity index (χ3v) is 7.42. The van der Waals surface area contributed by atoms with E-state index in [-0.39, 0.29) is 17.6 Å². The van der Waals surface area contributed by atoms with Gasteiger partial charge in [-0.2, -0.15) is 0 Å². The molecule has 0 spiro atoms. The molecule has 1 saturated carbocycles. The van der Waals surface area contributed by atoms with E-state index in [9.17, 15) is 4.79 Å². The number of nitrogens with zero attached hydrogens (tertiary/aromatic N) is 2. The van der Waals surface area contributed by atoms with Gasteiger partial charge in [-0.3, -0.25) is 0 Å². The van der Waals surface area contributed by atoms with E-state index < -0.39 is 5.60 Å². The molecule has 0 bridgehead atoms. The highest BCUT2D eigenvalue weighted by molar-refractivity contribution is 6.34. The lowest BCUT2D eigenvalue weighted by Gasteiger charge is -2.43. The summed E-state index contributed by atoms with van der Waals surface area (Å²) in [4.78, 5) is 17.6. The maximum Gasteiger partial charge on any atom is 0.408 e. The van der Waals surface area contributed by atoms with Gasteiger partial charge in [-0.15, -0.1) is 0 Å². The van der Waals surface area contributed by atoms with Crippen LogP contribution in [0.3, 0.4) is 0 Å². The highest BCUT2D eigenvalue weighted by Gasteiger charge is 2.41. The van der Waals surface area contributed by atoms with Crippen LogP contribution >= 0.6 is 11.6 Å². The molecule has 1 atom stereocenters. The molecule has 0 saturated heterocycles. The number of aryl methyl sites for hydroxylation is 1. The fourth-order valence-corrected chi connectivity index (χ4v) is 5.20. The lowest BCUT2D eigenvalue weighted by atomic mass is 9.71. The van der Waals surface area contributed by atoms with Crippen LogP contribution in [0.4, 0.5) is 4.79 Å². The molecule has 1 fully saturated rings. The first-order chi connectivity index (χ1) is 16.7. The third kappa shape index (κ3) is 4.50. The second-order valence-electron chi connectivity index (χ2n) is 10.6. The number of pyridine rings is 1. The fourth-order valence-electron chi connectivity index (χ4n) is 5.00. The number of allylic oxidation sites excluding steroid dienone is 4. The Morgan fingerprint density at radius 3 is 2.51 bits per heavy atom. The van der Waals surface area contributed by atoms with Crippen molar-refractivity contribution in [2.45, 2.75) is 70.4 Å². The van der Waals surface area contributed by atoms with Crippen LogP contribution in [-0.2, 0) is 10.3 Å². The number of nitrogens with one attached hydrogen (secondary N) is 1. The summed E-state index contributed by atoms with van der Waals surface area (Å²) in [5, 5.41) is 3.83. The summed E-state index contributed by atoms with van der Waals surface area (Å²) < 4.78 is 7.66. The van der Waals surface area contributed by atoms with Gasteiger partial charge in [-0.25, -0.2) is 9.78 Å². The molecule has 35 heavy (non-hydrogen) atoms. The summed E-state index contributed by atoms with van der Waals surface area (Å²) in [5.74, 6) is 0.218. The van der Waals surface area contributed by atoms with Crippen LogP contribution in [0.15, 0.2) is 60.8 Å².